The molecular formula is C16H21N3O5S. The minimum atomic E-state index is -3.67. The van der Waals surface area contributed by atoms with E-state index in [0.717, 1.165) is 6.42 Å². The van der Waals surface area contributed by atoms with Crippen LogP contribution in [0.25, 0.3) is 0 Å². The second-order valence-corrected chi connectivity index (χ2v) is 8.59. The van der Waals surface area contributed by atoms with Crippen LogP contribution in [0.5, 0.6) is 5.75 Å². The van der Waals surface area contributed by atoms with Crippen molar-refractivity contribution in [2.75, 3.05) is 20.2 Å². The van der Waals surface area contributed by atoms with Gasteiger partial charge in [0.2, 0.25) is 10.0 Å². The van der Waals surface area contributed by atoms with Crippen LogP contribution in [0.3, 0.4) is 0 Å². The minimum absolute atomic E-state index is 0.0765. The summed E-state index contributed by atoms with van der Waals surface area (Å²) in [6.45, 7) is 4.46. The third-order valence-corrected chi connectivity index (χ3v) is 6.64. The average Bonchev–Trinajstić information content (AvgIpc) is 3.11. The highest BCUT2D eigenvalue weighted by molar-refractivity contribution is 7.89. The summed E-state index contributed by atoms with van der Waals surface area (Å²) in [5.74, 6) is 0.0821. The number of carbonyl (C=O) groups is 2. The maximum absolute atomic E-state index is 12.9. The Kier molecular flexibility index (Phi) is 4.24. The number of carbonyl (C=O) groups excluding carboxylic acids is 2. The zero-order valence-electron chi connectivity index (χ0n) is 14.3. The van der Waals surface area contributed by atoms with Crippen molar-refractivity contribution in [1.29, 1.82) is 0 Å². The predicted octanol–water partition coefficient (Wildman–Crippen LogP) is 0.780. The number of amides is 3. The fourth-order valence-electron chi connectivity index (χ4n) is 3.23. The number of urea groups is 1. The van der Waals surface area contributed by atoms with Crippen molar-refractivity contribution in [3.8, 4) is 5.75 Å². The zero-order valence-corrected chi connectivity index (χ0v) is 15.1. The van der Waals surface area contributed by atoms with E-state index in [1.165, 1.54) is 36.5 Å². The molecule has 0 bridgehead atoms. The van der Waals surface area contributed by atoms with E-state index in [4.69, 9.17) is 4.74 Å². The third-order valence-electron chi connectivity index (χ3n) is 4.78. The largest absolute Gasteiger partial charge is 0.496 e. The summed E-state index contributed by atoms with van der Waals surface area (Å²) in [6.07, 6.45) is 0.818. The molecule has 2 aliphatic rings. The molecule has 9 heteroatoms. The normalized spacial score (nSPS) is 27.2. The number of rotatable bonds is 4. The van der Waals surface area contributed by atoms with Crippen LogP contribution < -0.4 is 15.4 Å². The lowest BCUT2D eigenvalue weighted by atomic mass is 9.91. The van der Waals surface area contributed by atoms with Crippen LogP contribution >= 0.6 is 0 Å². The Bertz CT molecular complexity index is 838. The van der Waals surface area contributed by atoms with E-state index in [0.29, 0.717) is 30.3 Å². The summed E-state index contributed by atoms with van der Waals surface area (Å²) in [6, 6.07) is 3.74. The summed E-state index contributed by atoms with van der Waals surface area (Å²) in [5, 5.41) is 4.71. The molecule has 2 aliphatic heterocycles. The van der Waals surface area contributed by atoms with Gasteiger partial charge in [0.1, 0.15) is 11.3 Å². The van der Waals surface area contributed by atoms with E-state index in [2.05, 4.69) is 10.6 Å². The van der Waals surface area contributed by atoms with Gasteiger partial charge in [0.15, 0.2) is 0 Å². The molecule has 2 heterocycles. The fourth-order valence-corrected chi connectivity index (χ4v) is 4.83. The van der Waals surface area contributed by atoms with E-state index in [-0.39, 0.29) is 4.90 Å². The molecule has 2 saturated heterocycles. The van der Waals surface area contributed by atoms with E-state index in [9.17, 15) is 18.0 Å². The number of ether oxygens (including phenoxy) is 1. The first kappa shape index (κ1) is 17.7. The number of nitrogens with one attached hydrogen (secondary N) is 2. The van der Waals surface area contributed by atoms with E-state index >= 15 is 0 Å². The zero-order chi connectivity index (χ0) is 18.4. The lowest BCUT2D eigenvalue weighted by Crippen LogP contribution is -2.41. The van der Waals surface area contributed by atoms with Gasteiger partial charge in [0, 0.05) is 18.7 Å². The van der Waals surface area contributed by atoms with Crippen LogP contribution in [0.1, 0.15) is 25.8 Å². The molecule has 0 saturated carbocycles. The van der Waals surface area contributed by atoms with Gasteiger partial charge in [0.25, 0.3) is 5.91 Å². The smallest absolute Gasteiger partial charge is 0.322 e. The minimum Gasteiger partial charge on any atom is -0.496 e. The lowest BCUT2D eigenvalue weighted by molar-refractivity contribution is -0.123. The van der Waals surface area contributed by atoms with Gasteiger partial charge in [0.05, 0.1) is 12.0 Å². The molecule has 3 rings (SSSR count). The van der Waals surface area contributed by atoms with Crippen LogP contribution in [0.15, 0.2) is 23.1 Å². The molecule has 0 spiro atoms. The Morgan fingerprint density at radius 1 is 1.32 bits per heavy atom. The second kappa shape index (κ2) is 5.99. The molecule has 3 amide bonds. The Morgan fingerprint density at radius 3 is 2.56 bits per heavy atom. The van der Waals surface area contributed by atoms with Gasteiger partial charge in [-0.05, 0) is 37.5 Å². The number of nitrogens with zero attached hydrogens (tertiary/aromatic N) is 1. The summed E-state index contributed by atoms with van der Waals surface area (Å²) in [5.41, 5.74) is -1.10. The molecule has 0 unspecified atom stereocenters. The summed E-state index contributed by atoms with van der Waals surface area (Å²) >= 11 is 0. The van der Waals surface area contributed by atoms with E-state index in [1.807, 2.05) is 6.92 Å². The summed E-state index contributed by atoms with van der Waals surface area (Å²) in [4.78, 5) is 23.9. The first-order chi connectivity index (χ1) is 11.7. The maximum atomic E-state index is 12.9. The van der Waals surface area contributed by atoms with Crippen molar-refractivity contribution in [2.45, 2.75) is 30.7 Å². The molecule has 0 aliphatic carbocycles. The monoisotopic (exact) mass is 367 g/mol. The van der Waals surface area contributed by atoms with Crippen molar-refractivity contribution in [3.63, 3.8) is 0 Å². The molecular weight excluding hydrogens is 346 g/mol. The van der Waals surface area contributed by atoms with Gasteiger partial charge in [-0.15, -0.1) is 0 Å². The Balaban J connectivity index is 2.07. The number of hydrogen-bond donors (Lipinski definition) is 2. The number of hydrogen-bond acceptors (Lipinski definition) is 5. The molecule has 2 N–H and O–H groups in total. The maximum Gasteiger partial charge on any atom is 0.322 e. The van der Waals surface area contributed by atoms with Crippen LogP contribution in [0.4, 0.5) is 4.79 Å². The first-order valence-electron chi connectivity index (χ1n) is 8.00. The van der Waals surface area contributed by atoms with Crippen molar-refractivity contribution in [2.24, 2.45) is 5.92 Å². The molecule has 2 fully saturated rings. The van der Waals surface area contributed by atoms with Crippen molar-refractivity contribution in [3.05, 3.63) is 23.8 Å². The summed E-state index contributed by atoms with van der Waals surface area (Å²) in [7, 11) is -2.25. The Hall–Kier alpha value is -2.13. The summed E-state index contributed by atoms with van der Waals surface area (Å²) < 4.78 is 32.5. The SMILES string of the molecule is COc1ccc(S(=O)(=O)N2CC[C@H](C)C2)cc1[C@@]1(C)NC(=O)NC1=O. The third kappa shape index (κ3) is 2.87. The molecule has 2 atom stereocenters. The lowest BCUT2D eigenvalue weighted by Gasteiger charge is -2.25. The highest BCUT2D eigenvalue weighted by Crippen LogP contribution is 2.35. The van der Waals surface area contributed by atoms with Gasteiger partial charge in [-0.1, -0.05) is 6.92 Å². The van der Waals surface area contributed by atoms with Crippen LogP contribution in [-0.4, -0.2) is 44.9 Å². The Morgan fingerprint density at radius 2 is 2.04 bits per heavy atom. The highest BCUT2D eigenvalue weighted by Gasteiger charge is 2.46. The van der Waals surface area contributed by atoms with Crippen LogP contribution in [0, 0.1) is 5.92 Å². The molecule has 136 valence electrons. The molecule has 1 aromatic rings. The van der Waals surface area contributed by atoms with Gasteiger partial charge in [-0.25, -0.2) is 13.2 Å². The van der Waals surface area contributed by atoms with E-state index in [1.54, 1.807) is 0 Å². The first-order valence-corrected chi connectivity index (χ1v) is 9.45. The average molecular weight is 367 g/mol. The quantitative estimate of drug-likeness (QED) is 0.765. The van der Waals surface area contributed by atoms with Gasteiger partial charge < -0.3 is 10.1 Å². The second-order valence-electron chi connectivity index (χ2n) is 6.65. The van der Waals surface area contributed by atoms with Gasteiger partial charge >= 0.3 is 6.03 Å². The van der Waals surface area contributed by atoms with Crippen molar-refractivity contribution >= 4 is 22.0 Å². The molecule has 1 aromatic carbocycles. The predicted molar refractivity (Wildman–Crippen MR) is 89.6 cm³/mol. The molecule has 0 aromatic heterocycles. The van der Waals surface area contributed by atoms with Gasteiger partial charge in [-0.2, -0.15) is 4.31 Å². The van der Waals surface area contributed by atoms with Crippen LogP contribution in [0.2, 0.25) is 0 Å². The standard InChI is InChI=1S/C16H21N3O5S/c1-10-6-7-19(9-10)25(22,23)11-4-5-13(24-3)12(8-11)16(2)14(20)17-15(21)18-16/h4-5,8,10H,6-7,9H2,1-3H3,(H2,17,18,20,21)/t10-,16+/m0/s1. The number of imide groups is 1. The highest BCUT2D eigenvalue weighted by atomic mass is 32.2. The van der Waals surface area contributed by atoms with Crippen molar-refractivity contribution in [1.82, 2.24) is 14.9 Å². The molecule has 8 nitrogen and oxygen atoms in total. The fraction of sp³-hybridized carbons (Fsp3) is 0.500. The number of benzene rings is 1. The van der Waals surface area contributed by atoms with Gasteiger partial charge in [-0.3, -0.25) is 10.1 Å². The van der Waals surface area contributed by atoms with Crippen molar-refractivity contribution < 1.29 is 22.7 Å². The molecule has 0 radical (unpaired) electrons. The van der Waals surface area contributed by atoms with E-state index < -0.39 is 27.5 Å². The number of methoxy groups -OCH3 is 1. The topological polar surface area (TPSA) is 105 Å². The Labute approximate surface area is 146 Å². The number of sulfonamides is 1. The van der Waals surface area contributed by atoms with Crippen LogP contribution in [-0.2, 0) is 20.4 Å². The molecule has 25 heavy (non-hydrogen) atoms.